The van der Waals surface area contributed by atoms with Gasteiger partial charge in [-0.15, -0.1) is 0 Å². The molecule has 0 saturated carbocycles. The molecule has 0 aliphatic carbocycles. The van der Waals surface area contributed by atoms with E-state index >= 15 is 0 Å². The van der Waals surface area contributed by atoms with Gasteiger partial charge in [-0.25, -0.2) is 9.97 Å². The Kier molecular flexibility index (Phi) is 12.8. The summed E-state index contributed by atoms with van der Waals surface area (Å²) in [5.74, 6) is -0.470. The smallest absolute Gasteiger partial charge is 0.305 e. The minimum Gasteiger partial charge on any atom is -0.512 e. The number of hydrogen-bond acceptors (Lipinski definition) is 13. The molecule has 5 unspecified atom stereocenters. The SMILES string of the molecule is CC[C@H]1c2cc3[nH]c4c(c5nc(cc6nc(cc([nH]2)[C@@H]1C)C(=C(C)O)C=6C)C(C)=C5CCC(=O)OC)c(O)n(CCCNC(=S)NC1C(O)OC(CO)C(O)C1O)c(=O)c4c3C. The number of fused-ring (bicyclic) bond motifs is 8. The highest BCUT2D eigenvalue weighted by Gasteiger charge is 2.44. The van der Waals surface area contributed by atoms with E-state index in [1.54, 1.807) is 6.92 Å². The van der Waals surface area contributed by atoms with Crippen molar-refractivity contribution < 1.29 is 44.9 Å². The molecule has 332 valence electrons. The summed E-state index contributed by atoms with van der Waals surface area (Å²) in [6.07, 6.45) is -4.39. The Labute approximate surface area is 362 Å². The zero-order valence-electron chi connectivity index (χ0n) is 35.8. The van der Waals surface area contributed by atoms with E-state index in [4.69, 9.17) is 31.7 Å². The monoisotopic (exact) mass is 873 g/mol. The van der Waals surface area contributed by atoms with E-state index in [0.717, 1.165) is 29.0 Å². The van der Waals surface area contributed by atoms with Gasteiger partial charge in [0.1, 0.15) is 24.4 Å². The number of hydrogen-bond donors (Lipinski definition) is 10. The van der Waals surface area contributed by atoms with Crippen LogP contribution in [0.4, 0.5) is 0 Å². The van der Waals surface area contributed by atoms with E-state index in [1.165, 1.54) is 11.7 Å². The number of ether oxygens (including phenoxy) is 2. The lowest BCUT2D eigenvalue weighted by atomic mass is 9.89. The first-order chi connectivity index (χ1) is 29.5. The van der Waals surface area contributed by atoms with Crippen LogP contribution in [0.1, 0.15) is 106 Å². The number of aromatic hydroxyl groups is 1. The van der Waals surface area contributed by atoms with E-state index in [0.29, 0.717) is 55.6 Å². The van der Waals surface area contributed by atoms with Crippen LogP contribution in [-0.2, 0) is 20.8 Å². The number of carbonyl (C=O) groups is 1. The molecule has 18 heteroatoms. The van der Waals surface area contributed by atoms with Gasteiger partial charge in [-0.05, 0) is 99.7 Å². The van der Waals surface area contributed by atoms with Gasteiger partial charge in [-0.2, -0.15) is 0 Å². The minimum absolute atomic E-state index is 0.0247. The Bertz CT molecular complexity index is 2700. The molecule has 0 aromatic carbocycles. The molecule has 7 rings (SSSR count). The van der Waals surface area contributed by atoms with Crippen molar-refractivity contribution in [3.05, 3.63) is 73.7 Å². The third-order valence-electron chi connectivity index (χ3n) is 12.6. The number of allylic oxidation sites excluding steroid dienone is 4. The van der Waals surface area contributed by atoms with Crippen LogP contribution in [0, 0.1) is 6.92 Å². The summed E-state index contributed by atoms with van der Waals surface area (Å²) < 4.78 is 11.5. The van der Waals surface area contributed by atoms with E-state index in [9.17, 15) is 40.2 Å². The summed E-state index contributed by atoms with van der Waals surface area (Å²) in [4.78, 5) is 44.4. The Morgan fingerprint density at radius 2 is 1.77 bits per heavy atom. The third kappa shape index (κ3) is 7.94. The Morgan fingerprint density at radius 3 is 2.45 bits per heavy atom. The highest BCUT2D eigenvalue weighted by atomic mass is 32.1. The Hall–Kier alpha value is -5.37. The molecule has 4 aliphatic rings. The number of thiocarbonyl (C=S) groups is 1. The largest absolute Gasteiger partial charge is 0.512 e. The number of pyridine rings is 1. The molecule has 4 aliphatic heterocycles. The number of esters is 1. The number of nitrogens with zero attached hydrogens (tertiary/aromatic N) is 3. The molecule has 8 bridgehead atoms. The van der Waals surface area contributed by atoms with Crippen molar-refractivity contribution in [1.82, 2.24) is 35.1 Å². The fraction of sp³-hybridized carbons (Fsp3) is 0.477. The van der Waals surface area contributed by atoms with Crippen LogP contribution in [0.25, 0.3) is 44.1 Å². The average molecular weight is 874 g/mol. The first-order valence-electron chi connectivity index (χ1n) is 20.8. The second kappa shape index (κ2) is 17.8. The van der Waals surface area contributed by atoms with Crippen LogP contribution >= 0.6 is 12.2 Å². The van der Waals surface area contributed by atoms with Gasteiger partial charge in [0, 0.05) is 53.8 Å². The van der Waals surface area contributed by atoms with Gasteiger partial charge in [0.25, 0.3) is 5.56 Å². The maximum absolute atomic E-state index is 14.6. The normalized spacial score (nSPS) is 24.0. The van der Waals surface area contributed by atoms with Crippen LogP contribution in [-0.4, -0.2) is 117 Å². The van der Waals surface area contributed by atoms with E-state index in [-0.39, 0.29) is 66.3 Å². The fourth-order valence-corrected chi connectivity index (χ4v) is 9.31. The summed E-state index contributed by atoms with van der Waals surface area (Å²) in [6.45, 7) is 11.2. The van der Waals surface area contributed by atoms with Crippen molar-refractivity contribution in [1.29, 1.82) is 0 Å². The number of aromatic nitrogens is 5. The van der Waals surface area contributed by atoms with Crippen molar-refractivity contribution >= 4 is 67.4 Å². The molecule has 7 heterocycles. The average Bonchev–Trinajstić information content (AvgIpc) is 3.92. The van der Waals surface area contributed by atoms with Gasteiger partial charge in [0.2, 0.25) is 5.88 Å². The maximum atomic E-state index is 14.6. The second-order valence-electron chi connectivity index (χ2n) is 16.3. The van der Waals surface area contributed by atoms with Gasteiger partial charge in [-0.1, -0.05) is 13.8 Å². The quantitative estimate of drug-likeness (QED) is 0.0608. The predicted molar refractivity (Wildman–Crippen MR) is 237 cm³/mol. The molecule has 10 N–H and O–H groups in total. The summed E-state index contributed by atoms with van der Waals surface area (Å²) in [5.41, 5.74) is 7.45. The standard InChI is InChI=1S/C44H55N7O10S/c1-8-23-18(2)25-16-30-33(22(6)53)20(4)27(47-30)14-26-19(3)24(10-11-32(54)60-7)36(48-26)35-37-34(21(5)28(49-37)15-29(23)46-25)41(57)51(42(35)58)13-9-12-45-44(62)50-38-40(56)39(55)31(17-52)61-43(38)59/h14-16,18,23,31,38-40,43,46,49,52-53,55-56,58-59H,8-13,17H2,1-7H3,(H2,45,50,62)/t18-,23-,31?,38?,39?,40?,43?/m1/s1. The Balaban J connectivity index is 1.39. The Morgan fingerprint density at radius 1 is 1.03 bits per heavy atom. The number of aromatic amines is 2. The number of H-pyrrole nitrogens is 2. The van der Waals surface area contributed by atoms with Crippen molar-refractivity contribution in [2.75, 3.05) is 20.3 Å². The minimum atomic E-state index is -1.57. The number of aryl methyl sites for hydroxylation is 1. The number of aliphatic hydroxyl groups is 5. The number of carbonyl (C=O) groups excluding carboxylic acids is 1. The zero-order valence-corrected chi connectivity index (χ0v) is 36.6. The number of methoxy groups -OCH3 is 1. The van der Waals surface area contributed by atoms with Crippen molar-refractivity contribution in [3.63, 3.8) is 0 Å². The predicted octanol–water partition coefficient (Wildman–Crippen LogP) is 3.08. The zero-order chi connectivity index (χ0) is 44.9. The van der Waals surface area contributed by atoms with Gasteiger partial charge in [0.15, 0.2) is 11.4 Å². The number of aliphatic hydroxyl groups excluding tert-OH is 5. The van der Waals surface area contributed by atoms with Gasteiger partial charge in [0.05, 0.1) is 58.2 Å². The van der Waals surface area contributed by atoms with E-state index in [2.05, 4.69) is 34.4 Å². The van der Waals surface area contributed by atoms with Gasteiger partial charge in [-0.3, -0.25) is 14.2 Å². The highest BCUT2D eigenvalue weighted by Crippen LogP contribution is 2.42. The lowest BCUT2D eigenvalue weighted by molar-refractivity contribution is -0.252. The number of rotatable bonds is 10. The first-order valence-corrected chi connectivity index (χ1v) is 21.2. The van der Waals surface area contributed by atoms with Crippen LogP contribution in [0.3, 0.4) is 0 Å². The summed E-state index contributed by atoms with van der Waals surface area (Å²) >= 11 is 5.40. The molecule has 0 spiro atoms. The van der Waals surface area contributed by atoms with E-state index in [1.807, 2.05) is 39.0 Å². The molecule has 17 nitrogen and oxygen atoms in total. The van der Waals surface area contributed by atoms with Crippen LogP contribution in [0.5, 0.6) is 5.88 Å². The molecule has 0 radical (unpaired) electrons. The van der Waals surface area contributed by atoms with Gasteiger partial charge >= 0.3 is 5.97 Å². The van der Waals surface area contributed by atoms with Crippen molar-refractivity contribution in [2.45, 2.75) is 116 Å². The van der Waals surface area contributed by atoms with Crippen LogP contribution in [0.2, 0.25) is 0 Å². The lowest BCUT2D eigenvalue weighted by Crippen LogP contribution is -2.65. The van der Waals surface area contributed by atoms with E-state index < -0.39 is 48.8 Å². The molecule has 0 amide bonds. The maximum Gasteiger partial charge on any atom is 0.305 e. The molecular weight excluding hydrogens is 819 g/mol. The molecule has 3 aromatic rings. The van der Waals surface area contributed by atoms with Gasteiger partial charge < -0.3 is 60.7 Å². The molecular formula is C44H55N7O10S. The number of nitrogens with one attached hydrogen (secondary N) is 4. The van der Waals surface area contributed by atoms with Crippen LogP contribution in [0.15, 0.2) is 28.8 Å². The lowest BCUT2D eigenvalue weighted by Gasteiger charge is -2.40. The van der Waals surface area contributed by atoms with Crippen molar-refractivity contribution in [2.24, 2.45) is 0 Å². The molecule has 7 atom stereocenters. The molecule has 1 fully saturated rings. The molecule has 62 heavy (non-hydrogen) atoms. The summed E-state index contributed by atoms with van der Waals surface area (Å²) in [7, 11) is 1.32. The fourth-order valence-electron chi connectivity index (χ4n) is 9.07. The first kappa shape index (κ1) is 44.7. The second-order valence-corrected chi connectivity index (χ2v) is 16.8. The highest BCUT2D eigenvalue weighted by molar-refractivity contribution is 7.80. The van der Waals surface area contributed by atoms with Crippen molar-refractivity contribution in [3.8, 4) is 5.88 Å². The molecule has 1 saturated heterocycles. The summed E-state index contributed by atoms with van der Waals surface area (Å²) in [6, 6.07) is 4.63. The van der Waals surface area contributed by atoms with Crippen LogP contribution < -0.4 is 21.5 Å². The summed E-state index contributed by atoms with van der Waals surface area (Å²) in [5, 5.41) is 70.8. The molecule has 3 aromatic heterocycles. The third-order valence-corrected chi connectivity index (χ3v) is 12.9. The topological polar surface area (TPSA) is 260 Å².